The summed E-state index contributed by atoms with van der Waals surface area (Å²) in [5.74, 6) is 0.475. The van der Waals surface area contributed by atoms with Crippen molar-refractivity contribution in [3.8, 4) is 11.1 Å². The molecule has 188 valence electrons. The maximum atomic E-state index is 13.6. The Morgan fingerprint density at radius 1 is 1.05 bits per heavy atom. The average Bonchev–Trinajstić information content (AvgIpc) is 3.59. The van der Waals surface area contributed by atoms with Gasteiger partial charge in [0.2, 0.25) is 0 Å². The van der Waals surface area contributed by atoms with Crippen molar-refractivity contribution in [2.24, 2.45) is 5.10 Å². The third-order valence-electron chi connectivity index (χ3n) is 6.83. The highest BCUT2D eigenvalue weighted by atomic mass is 35.5. The normalized spacial score (nSPS) is 18.4. The number of nitrogens with one attached hydrogen (secondary N) is 1. The van der Waals surface area contributed by atoms with Gasteiger partial charge in [-0.3, -0.25) is 14.5 Å². The molecule has 0 saturated carbocycles. The minimum Gasteiger partial charge on any atom is -0.467 e. The zero-order valence-electron chi connectivity index (χ0n) is 20.0. The predicted octanol–water partition coefficient (Wildman–Crippen LogP) is 4.45. The van der Waals surface area contributed by atoms with Crippen LogP contribution >= 0.6 is 11.6 Å². The molecule has 1 fully saturated rings. The van der Waals surface area contributed by atoms with Gasteiger partial charge in [0.25, 0.3) is 11.5 Å². The Labute approximate surface area is 218 Å². The Kier molecular flexibility index (Phi) is 6.38. The van der Waals surface area contributed by atoms with Crippen LogP contribution in [-0.4, -0.2) is 59.4 Å². The van der Waals surface area contributed by atoms with Crippen molar-refractivity contribution in [3.05, 3.63) is 93.6 Å². The van der Waals surface area contributed by atoms with Crippen molar-refractivity contribution < 1.29 is 13.9 Å². The van der Waals surface area contributed by atoms with E-state index in [1.807, 2.05) is 42.5 Å². The second-order valence-electron chi connectivity index (χ2n) is 9.17. The molecule has 37 heavy (non-hydrogen) atoms. The fourth-order valence-electron chi connectivity index (χ4n) is 5.07. The number of aromatic amines is 1. The summed E-state index contributed by atoms with van der Waals surface area (Å²) in [7, 11) is 0. The summed E-state index contributed by atoms with van der Waals surface area (Å²) in [6, 6.07) is 18.4. The van der Waals surface area contributed by atoms with E-state index in [0.29, 0.717) is 60.3 Å². The van der Waals surface area contributed by atoms with E-state index < -0.39 is 6.04 Å². The smallest absolute Gasteiger partial charge is 0.258 e. The minimum atomic E-state index is -0.442. The molecule has 1 N–H and O–H groups in total. The number of pyridine rings is 1. The number of furan rings is 1. The summed E-state index contributed by atoms with van der Waals surface area (Å²) in [6.07, 6.45) is 1.93. The van der Waals surface area contributed by atoms with Crippen LogP contribution in [0.1, 0.15) is 23.8 Å². The number of ether oxygens (including phenoxy) is 1. The van der Waals surface area contributed by atoms with Gasteiger partial charge in [0.15, 0.2) is 0 Å². The topological polar surface area (TPSA) is 91.1 Å². The fraction of sp³-hybridized carbons (Fsp3) is 0.250. The average molecular weight is 517 g/mol. The third-order valence-corrected chi connectivity index (χ3v) is 7.06. The molecule has 2 aliphatic rings. The quantitative estimate of drug-likeness (QED) is 0.423. The van der Waals surface area contributed by atoms with E-state index >= 15 is 0 Å². The van der Waals surface area contributed by atoms with Crippen LogP contribution in [-0.2, 0) is 9.53 Å². The van der Waals surface area contributed by atoms with Gasteiger partial charge in [-0.1, -0.05) is 48.0 Å². The first-order valence-corrected chi connectivity index (χ1v) is 12.6. The van der Waals surface area contributed by atoms with Gasteiger partial charge in [-0.15, -0.1) is 0 Å². The molecule has 0 spiro atoms. The Hall–Kier alpha value is -3.72. The molecule has 9 heteroatoms. The summed E-state index contributed by atoms with van der Waals surface area (Å²) >= 11 is 6.23. The fourth-order valence-corrected chi connectivity index (χ4v) is 5.24. The van der Waals surface area contributed by atoms with Gasteiger partial charge in [0.05, 0.1) is 42.8 Å². The largest absolute Gasteiger partial charge is 0.467 e. The number of halogens is 1. The van der Waals surface area contributed by atoms with Gasteiger partial charge in [0.1, 0.15) is 11.8 Å². The summed E-state index contributed by atoms with van der Waals surface area (Å²) in [4.78, 5) is 32.1. The highest BCUT2D eigenvalue weighted by molar-refractivity contribution is 6.31. The zero-order chi connectivity index (χ0) is 25.4. The second-order valence-corrected chi connectivity index (χ2v) is 9.61. The number of carbonyl (C=O) groups is 1. The number of fused-ring (bicyclic) bond motifs is 1. The van der Waals surface area contributed by atoms with Crippen molar-refractivity contribution in [2.75, 3.05) is 32.8 Å². The van der Waals surface area contributed by atoms with Gasteiger partial charge < -0.3 is 14.1 Å². The number of hydrogen-bond acceptors (Lipinski definition) is 6. The Bertz CT molecular complexity index is 1530. The number of aromatic nitrogens is 1. The number of hydrazone groups is 1. The molecular formula is C28H25ClN4O4. The van der Waals surface area contributed by atoms with Crippen LogP contribution in [0.4, 0.5) is 0 Å². The number of rotatable bonds is 5. The molecule has 1 atom stereocenters. The van der Waals surface area contributed by atoms with E-state index in [1.54, 1.807) is 24.5 Å². The molecule has 6 rings (SSSR count). The van der Waals surface area contributed by atoms with E-state index in [9.17, 15) is 9.59 Å². The lowest BCUT2D eigenvalue weighted by Crippen LogP contribution is -2.43. The molecular weight excluding hydrogens is 492 g/mol. The van der Waals surface area contributed by atoms with E-state index in [0.717, 1.165) is 16.5 Å². The number of nitrogens with zero attached hydrogens (tertiary/aromatic N) is 3. The van der Waals surface area contributed by atoms with Crippen LogP contribution in [0.5, 0.6) is 0 Å². The molecule has 8 nitrogen and oxygen atoms in total. The summed E-state index contributed by atoms with van der Waals surface area (Å²) in [5, 5.41) is 7.63. The van der Waals surface area contributed by atoms with Gasteiger partial charge in [-0.05, 0) is 29.8 Å². The molecule has 1 amide bonds. The van der Waals surface area contributed by atoms with Crippen molar-refractivity contribution in [2.45, 2.75) is 12.5 Å². The maximum Gasteiger partial charge on any atom is 0.258 e. The molecule has 2 aliphatic heterocycles. The number of benzene rings is 2. The van der Waals surface area contributed by atoms with Crippen LogP contribution in [0.15, 0.2) is 81.2 Å². The minimum absolute atomic E-state index is 0.149. The van der Waals surface area contributed by atoms with Crippen LogP contribution in [0.2, 0.25) is 5.02 Å². The first-order chi connectivity index (χ1) is 18.1. The summed E-state index contributed by atoms with van der Waals surface area (Å²) in [5.41, 5.74) is 2.98. The molecule has 2 aromatic heterocycles. The molecule has 0 unspecified atom stereocenters. The number of amides is 1. The molecule has 4 heterocycles. The highest BCUT2D eigenvalue weighted by Gasteiger charge is 2.37. The van der Waals surface area contributed by atoms with Gasteiger partial charge >= 0.3 is 0 Å². The van der Waals surface area contributed by atoms with Crippen molar-refractivity contribution >= 4 is 34.1 Å². The monoisotopic (exact) mass is 516 g/mol. The van der Waals surface area contributed by atoms with E-state index in [1.165, 1.54) is 5.01 Å². The van der Waals surface area contributed by atoms with Crippen LogP contribution < -0.4 is 5.56 Å². The molecule has 2 aromatic carbocycles. The first kappa shape index (κ1) is 23.7. The lowest BCUT2D eigenvalue weighted by Gasteiger charge is -2.28. The van der Waals surface area contributed by atoms with Crippen molar-refractivity contribution in [1.29, 1.82) is 0 Å². The van der Waals surface area contributed by atoms with E-state index in [4.69, 9.17) is 25.9 Å². The van der Waals surface area contributed by atoms with Crippen LogP contribution in [0.3, 0.4) is 0 Å². The molecule has 4 aromatic rings. The summed E-state index contributed by atoms with van der Waals surface area (Å²) in [6.45, 7) is 2.79. The zero-order valence-corrected chi connectivity index (χ0v) is 20.8. The lowest BCUT2D eigenvalue weighted by molar-refractivity contribution is -0.135. The first-order valence-electron chi connectivity index (χ1n) is 12.2. The lowest BCUT2D eigenvalue weighted by atomic mass is 9.92. The van der Waals surface area contributed by atoms with Crippen LogP contribution in [0, 0.1) is 0 Å². The Morgan fingerprint density at radius 3 is 2.62 bits per heavy atom. The van der Waals surface area contributed by atoms with E-state index in [2.05, 4.69) is 9.88 Å². The SMILES string of the molecule is O=C(CN1CCOCC1)N1N=C(c2c(-c3ccccc3)c3ccc(Cl)cc3[nH]c2=O)C[C@@H]1c1ccco1. The van der Waals surface area contributed by atoms with Crippen molar-refractivity contribution in [1.82, 2.24) is 14.9 Å². The highest BCUT2D eigenvalue weighted by Crippen LogP contribution is 2.37. The number of hydrogen-bond donors (Lipinski definition) is 1. The second kappa shape index (κ2) is 9.97. The number of carbonyl (C=O) groups excluding carboxylic acids is 1. The van der Waals surface area contributed by atoms with Gasteiger partial charge in [0, 0.05) is 35.5 Å². The Balaban J connectivity index is 1.48. The molecule has 0 aliphatic carbocycles. The number of H-pyrrole nitrogens is 1. The van der Waals surface area contributed by atoms with Gasteiger partial charge in [-0.2, -0.15) is 5.10 Å². The predicted molar refractivity (Wildman–Crippen MR) is 142 cm³/mol. The maximum absolute atomic E-state index is 13.6. The van der Waals surface area contributed by atoms with E-state index in [-0.39, 0.29) is 18.0 Å². The van der Waals surface area contributed by atoms with Crippen LogP contribution in [0.25, 0.3) is 22.0 Å². The van der Waals surface area contributed by atoms with Crippen molar-refractivity contribution in [3.63, 3.8) is 0 Å². The molecule has 1 saturated heterocycles. The van der Waals surface area contributed by atoms with Gasteiger partial charge in [-0.25, -0.2) is 5.01 Å². The summed E-state index contributed by atoms with van der Waals surface area (Å²) < 4.78 is 11.1. The Morgan fingerprint density at radius 2 is 1.86 bits per heavy atom. The standard InChI is InChI=1S/C28H25ClN4O4/c29-19-8-9-20-21(15-19)30-28(35)27(26(20)18-5-2-1-3-6-18)22-16-23(24-7-4-12-37-24)33(31-22)25(34)17-32-10-13-36-14-11-32/h1-9,12,15,23H,10-11,13-14,16-17H2,(H,30,35)/t23-/m1/s1. The third kappa shape index (κ3) is 4.59. The number of morpholine rings is 1. The molecule has 0 radical (unpaired) electrons. The molecule has 0 bridgehead atoms.